The van der Waals surface area contributed by atoms with E-state index in [0.29, 0.717) is 22.7 Å². The maximum absolute atomic E-state index is 15.1. The molecule has 6 N–H and O–H groups in total. The molecule has 2 aliphatic rings. The molecule has 2 atom stereocenters. The first kappa shape index (κ1) is 30.6. The van der Waals surface area contributed by atoms with E-state index in [1.165, 1.54) is 23.1 Å². The lowest BCUT2D eigenvalue weighted by molar-refractivity contribution is -0.153. The van der Waals surface area contributed by atoms with Gasteiger partial charge < -0.3 is 40.1 Å². The maximum atomic E-state index is 15.1. The number of imide groups is 1. The number of nitrogens with one attached hydrogen (secondary N) is 2. The van der Waals surface area contributed by atoms with Crippen molar-refractivity contribution in [1.82, 2.24) is 25.4 Å². The SMILES string of the molecule is CCN1CCN(C(=O)N[C@@H](C(=O)N[C@H]2Cc3cccc(C(=O)O)c3OB2O)c2ncc(P(=O)(O)O)cc2F)C(=O)C1=O. The van der Waals surface area contributed by atoms with Crippen molar-refractivity contribution < 1.29 is 57.5 Å². The fourth-order valence-corrected chi connectivity index (χ4v) is 4.91. The van der Waals surface area contributed by atoms with Crippen LogP contribution < -0.4 is 20.6 Å². The van der Waals surface area contributed by atoms with Crippen LogP contribution in [0.3, 0.4) is 0 Å². The molecule has 1 saturated heterocycles. The molecule has 1 aromatic heterocycles. The second kappa shape index (κ2) is 11.9. The van der Waals surface area contributed by atoms with Gasteiger partial charge in [0.05, 0.1) is 16.8 Å². The molecule has 2 aromatic rings. The molecule has 0 saturated carbocycles. The van der Waals surface area contributed by atoms with Crippen LogP contribution in [0.2, 0.25) is 0 Å². The Morgan fingerprint density at radius 1 is 1.24 bits per heavy atom. The number of fused-ring (bicyclic) bond motifs is 1. The van der Waals surface area contributed by atoms with E-state index in [-0.39, 0.29) is 37.4 Å². The van der Waals surface area contributed by atoms with E-state index >= 15 is 4.39 Å². The molecule has 222 valence electrons. The Bertz CT molecular complexity index is 1520. The molecule has 19 heteroatoms. The van der Waals surface area contributed by atoms with Crippen LogP contribution in [0, 0.1) is 5.82 Å². The van der Waals surface area contributed by atoms with Crippen molar-refractivity contribution in [2.75, 3.05) is 19.6 Å². The highest BCUT2D eigenvalue weighted by Crippen LogP contribution is 2.34. The summed E-state index contributed by atoms with van der Waals surface area (Å²) in [6.07, 6.45) is 0.450. The number of pyridine rings is 1. The summed E-state index contributed by atoms with van der Waals surface area (Å²) < 4.78 is 32.0. The highest BCUT2D eigenvalue weighted by atomic mass is 31.2. The van der Waals surface area contributed by atoms with Crippen LogP contribution in [0.4, 0.5) is 9.18 Å². The number of halogens is 1. The number of amides is 5. The maximum Gasteiger partial charge on any atom is 0.547 e. The van der Waals surface area contributed by atoms with Gasteiger partial charge in [-0.3, -0.25) is 28.8 Å². The third-order valence-corrected chi connectivity index (χ3v) is 7.53. The van der Waals surface area contributed by atoms with Crippen LogP contribution >= 0.6 is 7.60 Å². The largest absolute Gasteiger partial charge is 0.547 e. The number of para-hydroxylation sites is 1. The van der Waals surface area contributed by atoms with Gasteiger partial charge in [0.15, 0.2) is 6.04 Å². The number of urea groups is 1. The molecule has 1 aromatic carbocycles. The summed E-state index contributed by atoms with van der Waals surface area (Å²) >= 11 is 0. The number of carboxylic acids is 1. The van der Waals surface area contributed by atoms with Crippen molar-refractivity contribution in [3.63, 3.8) is 0 Å². The number of carbonyl (C=O) groups is 5. The number of carbonyl (C=O) groups excluding carboxylic acids is 4. The summed E-state index contributed by atoms with van der Waals surface area (Å²) in [7, 11) is -6.73. The number of aromatic carboxylic acids is 1. The minimum atomic E-state index is -4.95. The molecule has 16 nitrogen and oxygen atoms in total. The number of rotatable bonds is 7. The number of hydrogen-bond donors (Lipinski definition) is 6. The summed E-state index contributed by atoms with van der Waals surface area (Å²) in [5, 5.41) is 23.6. The number of benzene rings is 1. The zero-order chi connectivity index (χ0) is 30.9. The van der Waals surface area contributed by atoms with Gasteiger partial charge >= 0.3 is 38.5 Å². The average molecular weight is 607 g/mol. The topological polar surface area (TPSA) is 236 Å². The van der Waals surface area contributed by atoms with Crippen LogP contribution in [-0.2, 0) is 25.4 Å². The molecule has 0 radical (unpaired) electrons. The molecule has 1 fully saturated rings. The minimum Gasteiger partial charge on any atom is -0.534 e. The number of carboxylic acid groups (broad SMARTS) is 1. The quantitative estimate of drug-likeness (QED) is 0.117. The highest BCUT2D eigenvalue weighted by Gasteiger charge is 2.42. The zero-order valence-electron chi connectivity index (χ0n) is 21.8. The van der Waals surface area contributed by atoms with E-state index in [0.717, 1.165) is 0 Å². The van der Waals surface area contributed by atoms with Gasteiger partial charge in [0.1, 0.15) is 17.3 Å². The molecular weight excluding hydrogens is 583 g/mol. The number of nitrogens with zero attached hydrogens (tertiary/aromatic N) is 3. The summed E-state index contributed by atoms with van der Waals surface area (Å²) in [4.78, 5) is 86.7. The van der Waals surface area contributed by atoms with Crippen molar-refractivity contribution in [2.45, 2.75) is 25.3 Å². The molecule has 0 bridgehead atoms. The Kier molecular flexibility index (Phi) is 8.63. The second-order valence-electron chi connectivity index (χ2n) is 9.26. The van der Waals surface area contributed by atoms with Crippen LogP contribution in [-0.4, -0.2) is 97.1 Å². The molecule has 0 aliphatic carbocycles. The van der Waals surface area contributed by atoms with Gasteiger partial charge in [0.25, 0.3) is 0 Å². The standard InChI is InChI=1S/C23H24BFN5O11P/c1-2-29-6-7-30(21(33)20(29)32)23(36)28-17(16-14(25)9-12(10-26-16)42(38,39)40)19(31)27-15-8-11-4-3-5-13(22(34)35)18(11)41-24(15)37/h3-5,9-10,15,17,37H,2,6-8H2,1H3,(H,27,31)(H,28,36)(H,34,35)(H2,38,39,40)/t15-,17+/m0/s1. The third-order valence-electron chi connectivity index (χ3n) is 6.61. The van der Waals surface area contributed by atoms with E-state index in [2.05, 4.69) is 15.6 Å². The number of likely N-dealkylation sites (N-methyl/N-ethyl adjacent to an activating group) is 1. The number of piperazine rings is 1. The fraction of sp³-hybridized carbons (Fsp3) is 0.304. The second-order valence-corrected chi connectivity index (χ2v) is 10.9. The van der Waals surface area contributed by atoms with Crippen molar-refractivity contribution in [2.24, 2.45) is 0 Å². The Balaban J connectivity index is 1.63. The van der Waals surface area contributed by atoms with Crippen molar-refractivity contribution in [1.29, 1.82) is 0 Å². The number of hydrogen-bond acceptors (Lipinski definition) is 9. The van der Waals surface area contributed by atoms with Crippen LogP contribution in [0.15, 0.2) is 30.5 Å². The molecule has 3 heterocycles. The molecule has 2 aliphatic heterocycles. The number of aromatic nitrogens is 1. The van der Waals surface area contributed by atoms with Crippen molar-refractivity contribution in [3.8, 4) is 5.75 Å². The van der Waals surface area contributed by atoms with Crippen molar-refractivity contribution in [3.05, 3.63) is 53.1 Å². The summed E-state index contributed by atoms with van der Waals surface area (Å²) in [6, 6.07) is 1.29. The smallest absolute Gasteiger partial charge is 0.534 e. The monoisotopic (exact) mass is 607 g/mol. The van der Waals surface area contributed by atoms with E-state index in [4.69, 9.17) is 4.65 Å². The average Bonchev–Trinajstić information content (AvgIpc) is 2.92. The van der Waals surface area contributed by atoms with E-state index in [9.17, 15) is 48.5 Å². The molecule has 42 heavy (non-hydrogen) atoms. The molecular formula is C23H24BFN5O11P. The zero-order valence-corrected chi connectivity index (χ0v) is 22.7. The Morgan fingerprint density at radius 3 is 2.57 bits per heavy atom. The van der Waals surface area contributed by atoms with E-state index in [1.807, 2.05) is 0 Å². The van der Waals surface area contributed by atoms with Gasteiger partial charge in [0.2, 0.25) is 5.91 Å². The fourth-order valence-electron chi connectivity index (χ4n) is 4.42. The summed E-state index contributed by atoms with van der Waals surface area (Å²) in [5.41, 5.74) is -0.733. The van der Waals surface area contributed by atoms with Crippen LogP contribution in [0.25, 0.3) is 0 Å². The third kappa shape index (κ3) is 6.11. The van der Waals surface area contributed by atoms with Gasteiger partial charge in [-0.1, -0.05) is 12.1 Å². The Hall–Kier alpha value is -4.38. The first-order valence-corrected chi connectivity index (χ1v) is 14.0. The van der Waals surface area contributed by atoms with Gasteiger partial charge in [-0.05, 0) is 31.0 Å². The lowest BCUT2D eigenvalue weighted by Gasteiger charge is -2.33. The van der Waals surface area contributed by atoms with E-state index < -0.39 is 73.2 Å². The molecule has 0 spiro atoms. The molecule has 4 rings (SSSR count). The first-order valence-electron chi connectivity index (χ1n) is 12.4. The van der Waals surface area contributed by atoms with Crippen LogP contribution in [0.1, 0.15) is 34.6 Å². The minimum absolute atomic E-state index is 0.00169. The van der Waals surface area contributed by atoms with Gasteiger partial charge in [0, 0.05) is 25.8 Å². The predicted octanol–water partition coefficient (Wildman–Crippen LogP) is -1.70. The first-order chi connectivity index (χ1) is 19.7. The summed E-state index contributed by atoms with van der Waals surface area (Å²) in [6.45, 7) is 1.58. The molecule has 0 unspecified atom stereocenters. The predicted molar refractivity (Wildman–Crippen MR) is 139 cm³/mol. The van der Waals surface area contributed by atoms with Gasteiger partial charge in [-0.25, -0.2) is 14.0 Å². The summed E-state index contributed by atoms with van der Waals surface area (Å²) in [5.74, 6) is -7.45. The Morgan fingerprint density at radius 2 is 1.95 bits per heavy atom. The van der Waals surface area contributed by atoms with Gasteiger partial charge in [-0.15, -0.1) is 0 Å². The lowest BCUT2D eigenvalue weighted by atomic mass is 9.72. The normalized spacial score (nSPS) is 17.7. The highest BCUT2D eigenvalue weighted by molar-refractivity contribution is 7.60. The van der Waals surface area contributed by atoms with E-state index in [1.54, 1.807) is 6.92 Å². The van der Waals surface area contributed by atoms with Gasteiger partial charge in [-0.2, -0.15) is 0 Å². The molecule has 5 amide bonds. The van der Waals surface area contributed by atoms with Crippen LogP contribution in [0.5, 0.6) is 5.75 Å². The Labute approximate surface area is 236 Å². The van der Waals surface area contributed by atoms with Crippen molar-refractivity contribution >= 4 is 49.7 Å². The lowest BCUT2D eigenvalue weighted by Crippen LogP contribution is -2.60.